The minimum atomic E-state index is -0.500. The molecule has 5 aromatic rings. The number of amides is 1. The summed E-state index contributed by atoms with van der Waals surface area (Å²) in [4.78, 5) is 44.2. The van der Waals surface area contributed by atoms with Crippen molar-refractivity contribution in [1.82, 2.24) is 28.8 Å². The van der Waals surface area contributed by atoms with Crippen LogP contribution in [0.25, 0.3) is 33.0 Å². The van der Waals surface area contributed by atoms with Gasteiger partial charge in [0.1, 0.15) is 11.2 Å². The molecule has 5 heterocycles. The standard InChI is InChI=1S/C33H33N7O4/c1-33(2,3)44-32(42)38-14-12-22(13-15-38)21-43-26-17-35-30(36-18-26)24-7-5-6-23(16-24)19-40-29(41)11-9-27-31(40)37-28-10-8-25(34-4)20-39(27)28/h5-11,16-18,20,22H,12-15,19,21H2,1-3H3. The highest BCUT2D eigenvalue weighted by atomic mass is 16.6. The van der Waals surface area contributed by atoms with E-state index < -0.39 is 5.60 Å². The first kappa shape index (κ1) is 28.9. The molecule has 0 aliphatic carbocycles. The molecule has 6 rings (SSSR count). The highest BCUT2D eigenvalue weighted by molar-refractivity contribution is 5.78. The zero-order chi connectivity index (χ0) is 30.8. The quantitative estimate of drug-likeness (QED) is 0.232. The van der Waals surface area contributed by atoms with Crippen LogP contribution in [0.5, 0.6) is 5.75 Å². The molecule has 11 heteroatoms. The molecule has 0 spiro atoms. The number of ether oxygens (including phenoxy) is 2. The molecule has 1 fully saturated rings. The molecule has 11 nitrogen and oxygen atoms in total. The van der Waals surface area contributed by atoms with Crippen LogP contribution in [0.4, 0.5) is 10.5 Å². The van der Waals surface area contributed by atoms with Gasteiger partial charge in [-0.25, -0.2) is 24.6 Å². The normalized spacial score (nSPS) is 14.1. The summed E-state index contributed by atoms with van der Waals surface area (Å²) in [7, 11) is 0. The van der Waals surface area contributed by atoms with E-state index in [0.717, 1.165) is 29.5 Å². The van der Waals surface area contributed by atoms with E-state index in [1.165, 1.54) is 6.07 Å². The maximum Gasteiger partial charge on any atom is 0.410 e. The number of fused-ring (bicyclic) bond motifs is 3. The maximum atomic E-state index is 12.9. The molecule has 1 amide bonds. The molecule has 4 aromatic heterocycles. The van der Waals surface area contributed by atoms with Crippen molar-refractivity contribution in [2.24, 2.45) is 5.92 Å². The molecule has 1 aliphatic heterocycles. The second-order valence-electron chi connectivity index (χ2n) is 12.0. The van der Waals surface area contributed by atoms with E-state index in [-0.39, 0.29) is 11.7 Å². The lowest BCUT2D eigenvalue weighted by Gasteiger charge is -2.33. The van der Waals surface area contributed by atoms with E-state index in [2.05, 4.69) is 19.8 Å². The number of carbonyl (C=O) groups excluding carboxylic acids is 1. The lowest BCUT2D eigenvalue weighted by atomic mass is 9.98. The molecule has 224 valence electrons. The summed E-state index contributed by atoms with van der Waals surface area (Å²) < 4.78 is 14.9. The topological polar surface area (TPSA) is 108 Å². The number of benzene rings is 1. The van der Waals surface area contributed by atoms with E-state index in [9.17, 15) is 9.59 Å². The fourth-order valence-electron chi connectivity index (χ4n) is 5.31. The summed E-state index contributed by atoms with van der Waals surface area (Å²) in [5.41, 5.74) is 3.54. The van der Waals surface area contributed by atoms with Gasteiger partial charge in [0.2, 0.25) is 5.69 Å². The van der Waals surface area contributed by atoms with Gasteiger partial charge in [0.05, 0.1) is 37.6 Å². The molecule has 0 atom stereocenters. The fraction of sp³-hybridized carbons (Fsp3) is 0.333. The summed E-state index contributed by atoms with van der Waals surface area (Å²) in [6.07, 6.45) is 6.50. The Labute approximate surface area is 254 Å². The Balaban J connectivity index is 1.11. The van der Waals surface area contributed by atoms with Crippen molar-refractivity contribution in [2.75, 3.05) is 19.7 Å². The van der Waals surface area contributed by atoms with Crippen LogP contribution in [0.3, 0.4) is 0 Å². The minimum absolute atomic E-state index is 0.162. The highest BCUT2D eigenvalue weighted by Gasteiger charge is 2.27. The summed E-state index contributed by atoms with van der Waals surface area (Å²) in [6, 6.07) is 14.5. The first-order chi connectivity index (χ1) is 21.2. The van der Waals surface area contributed by atoms with E-state index in [0.29, 0.717) is 60.7 Å². The average molecular weight is 592 g/mol. The van der Waals surface area contributed by atoms with E-state index in [1.807, 2.05) is 49.4 Å². The Bertz CT molecular complexity index is 1930. The van der Waals surface area contributed by atoms with Crippen molar-refractivity contribution in [3.05, 3.63) is 94.5 Å². The number of carbonyl (C=O) groups is 1. The third-order valence-corrected chi connectivity index (χ3v) is 7.56. The molecule has 0 saturated carbocycles. The number of aromatic nitrogens is 5. The zero-order valence-electron chi connectivity index (χ0n) is 24.9. The zero-order valence-corrected chi connectivity index (χ0v) is 24.9. The molecular weight excluding hydrogens is 558 g/mol. The first-order valence-corrected chi connectivity index (χ1v) is 14.6. The van der Waals surface area contributed by atoms with Crippen LogP contribution in [0.15, 0.2) is 71.9 Å². The average Bonchev–Trinajstić information content (AvgIpc) is 3.39. The Morgan fingerprint density at radius 3 is 2.57 bits per heavy atom. The van der Waals surface area contributed by atoms with Gasteiger partial charge in [-0.05, 0) is 63.3 Å². The van der Waals surface area contributed by atoms with Gasteiger partial charge in [-0.3, -0.25) is 9.36 Å². The minimum Gasteiger partial charge on any atom is -0.490 e. The smallest absolute Gasteiger partial charge is 0.410 e. The van der Waals surface area contributed by atoms with Gasteiger partial charge in [0, 0.05) is 30.9 Å². The van der Waals surface area contributed by atoms with Crippen LogP contribution in [0, 0.1) is 12.5 Å². The molecule has 1 aliphatic rings. The number of hydrogen-bond donors (Lipinski definition) is 0. The number of rotatable bonds is 6. The fourth-order valence-corrected chi connectivity index (χ4v) is 5.31. The number of likely N-dealkylation sites (tertiary alicyclic amines) is 1. The van der Waals surface area contributed by atoms with Crippen LogP contribution in [-0.4, -0.2) is 60.2 Å². The van der Waals surface area contributed by atoms with Gasteiger partial charge in [-0.1, -0.05) is 24.3 Å². The molecular formula is C33H33N7O4. The number of pyridine rings is 2. The van der Waals surface area contributed by atoms with Gasteiger partial charge >= 0.3 is 6.09 Å². The number of piperidine rings is 1. The van der Waals surface area contributed by atoms with Crippen LogP contribution in [0.2, 0.25) is 0 Å². The van der Waals surface area contributed by atoms with Crippen LogP contribution in [0.1, 0.15) is 39.2 Å². The van der Waals surface area contributed by atoms with E-state index in [4.69, 9.17) is 16.0 Å². The largest absolute Gasteiger partial charge is 0.490 e. The van der Waals surface area contributed by atoms with Gasteiger partial charge in [-0.2, -0.15) is 0 Å². The number of imidazole rings is 1. The Morgan fingerprint density at radius 1 is 1.07 bits per heavy atom. The molecule has 44 heavy (non-hydrogen) atoms. The monoisotopic (exact) mass is 591 g/mol. The molecule has 0 radical (unpaired) electrons. The van der Waals surface area contributed by atoms with E-state index in [1.54, 1.807) is 46.3 Å². The summed E-state index contributed by atoms with van der Waals surface area (Å²) in [6.45, 7) is 15.1. The predicted molar refractivity (Wildman–Crippen MR) is 166 cm³/mol. The second-order valence-corrected chi connectivity index (χ2v) is 12.0. The maximum absolute atomic E-state index is 12.9. The van der Waals surface area contributed by atoms with Crippen molar-refractivity contribution in [3.63, 3.8) is 0 Å². The van der Waals surface area contributed by atoms with Crippen molar-refractivity contribution in [1.29, 1.82) is 0 Å². The SMILES string of the molecule is [C-]#[N+]c1ccc2nc3c(ccc(=O)n3Cc3cccc(-c4ncc(OCC5CCN(C(=O)OC(C)(C)C)CC5)cn4)c3)n2c1. The third-order valence-electron chi connectivity index (χ3n) is 7.56. The second kappa shape index (κ2) is 11.8. The van der Waals surface area contributed by atoms with Crippen molar-refractivity contribution in [2.45, 2.75) is 45.8 Å². The van der Waals surface area contributed by atoms with E-state index >= 15 is 0 Å². The predicted octanol–water partition coefficient (Wildman–Crippen LogP) is 5.73. The van der Waals surface area contributed by atoms with Crippen molar-refractivity contribution < 1.29 is 14.3 Å². The van der Waals surface area contributed by atoms with Crippen molar-refractivity contribution in [3.8, 4) is 17.1 Å². The Hall–Kier alpha value is -5.24. The van der Waals surface area contributed by atoms with Crippen molar-refractivity contribution >= 4 is 28.6 Å². The summed E-state index contributed by atoms with van der Waals surface area (Å²) >= 11 is 0. The Morgan fingerprint density at radius 2 is 1.84 bits per heavy atom. The van der Waals surface area contributed by atoms with Gasteiger partial charge in [-0.15, -0.1) is 0 Å². The molecule has 1 saturated heterocycles. The molecule has 0 bridgehead atoms. The Kier molecular flexibility index (Phi) is 7.74. The molecule has 0 N–H and O–H groups in total. The number of nitrogens with zero attached hydrogens (tertiary/aromatic N) is 7. The van der Waals surface area contributed by atoms with Crippen LogP contribution < -0.4 is 10.3 Å². The van der Waals surface area contributed by atoms with Gasteiger partial charge in [0.25, 0.3) is 5.56 Å². The molecule has 0 unspecified atom stereocenters. The summed E-state index contributed by atoms with van der Waals surface area (Å²) in [5.74, 6) is 1.47. The van der Waals surface area contributed by atoms with Gasteiger partial charge < -0.3 is 18.8 Å². The lowest BCUT2D eigenvalue weighted by Crippen LogP contribution is -2.42. The third kappa shape index (κ3) is 6.24. The lowest BCUT2D eigenvalue weighted by molar-refractivity contribution is 0.0165. The first-order valence-electron chi connectivity index (χ1n) is 14.6. The number of hydrogen-bond acceptors (Lipinski definition) is 7. The van der Waals surface area contributed by atoms with Crippen LogP contribution in [-0.2, 0) is 11.3 Å². The van der Waals surface area contributed by atoms with Gasteiger partial charge in [0.15, 0.2) is 17.2 Å². The van der Waals surface area contributed by atoms with Crippen LogP contribution >= 0.6 is 0 Å². The summed E-state index contributed by atoms with van der Waals surface area (Å²) in [5, 5.41) is 0. The molecule has 1 aromatic carbocycles. The highest BCUT2D eigenvalue weighted by Crippen LogP contribution is 2.24.